The number of rotatable bonds is 8. The Hall–Kier alpha value is -2.14. The Morgan fingerprint density at radius 3 is 2.58 bits per heavy atom. The second-order valence-electron chi connectivity index (χ2n) is 5.78. The zero-order chi connectivity index (χ0) is 17.4. The van der Waals surface area contributed by atoms with Crippen LogP contribution in [0.25, 0.3) is 0 Å². The van der Waals surface area contributed by atoms with Crippen LogP contribution in [-0.4, -0.2) is 29.3 Å². The molecule has 1 unspecified atom stereocenters. The monoisotopic (exact) mass is 344 g/mol. The van der Waals surface area contributed by atoms with Crippen LogP contribution >= 0.6 is 11.3 Å². The van der Waals surface area contributed by atoms with Crippen molar-refractivity contribution in [1.82, 2.24) is 10.2 Å². The fraction of sp³-hybridized carbons (Fsp3) is 0.368. The summed E-state index contributed by atoms with van der Waals surface area (Å²) in [7, 11) is 0. The standard InChI is InChI=1S/C19H24N2O2S/c1-3-15(2)21(13-16-7-5-4-6-8-16)18(22)9-11-20-19(23)17-10-12-24-14-17/h4-8,10,12,14-15H,3,9,11,13H2,1-2H3,(H,20,23). The maximum atomic E-state index is 12.6. The number of nitrogens with one attached hydrogen (secondary N) is 1. The van der Waals surface area contributed by atoms with Crippen molar-refractivity contribution in [2.75, 3.05) is 6.54 Å². The van der Waals surface area contributed by atoms with Crippen LogP contribution in [0.3, 0.4) is 0 Å². The Labute approximate surface area is 147 Å². The molecule has 0 spiro atoms. The zero-order valence-electron chi connectivity index (χ0n) is 14.2. The molecule has 0 bridgehead atoms. The maximum absolute atomic E-state index is 12.6. The minimum Gasteiger partial charge on any atom is -0.351 e. The smallest absolute Gasteiger partial charge is 0.252 e. The predicted octanol–water partition coefficient (Wildman–Crippen LogP) is 3.70. The van der Waals surface area contributed by atoms with E-state index >= 15 is 0 Å². The number of thiophene rings is 1. The predicted molar refractivity (Wildman–Crippen MR) is 98.0 cm³/mol. The minimum absolute atomic E-state index is 0.0684. The fourth-order valence-electron chi connectivity index (χ4n) is 2.41. The highest BCUT2D eigenvalue weighted by Gasteiger charge is 2.19. The van der Waals surface area contributed by atoms with Gasteiger partial charge in [0.15, 0.2) is 0 Å². The molecule has 2 aromatic rings. The van der Waals surface area contributed by atoms with Crippen molar-refractivity contribution in [2.24, 2.45) is 0 Å². The Morgan fingerprint density at radius 2 is 1.96 bits per heavy atom. The third-order valence-corrected chi connectivity index (χ3v) is 4.73. The minimum atomic E-state index is -0.123. The summed E-state index contributed by atoms with van der Waals surface area (Å²) in [5.74, 6) is -0.0546. The van der Waals surface area contributed by atoms with Gasteiger partial charge in [0.05, 0.1) is 0 Å². The quantitative estimate of drug-likeness (QED) is 0.794. The van der Waals surface area contributed by atoms with Crippen LogP contribution in [0.2, 0.25) is 0 Å². The number of hydrogen-bond acceptors (Lipinski definition) is 3. The molecule has 128 valence electrons. The van der Waals surface area contributed by atoms with Crippen molar-refractivity contribution in [3.05, 3.63) is 58.3 Å². The average molecular weight is 344 g/mol. The van der Waals surface area contributed by atoms with E-state index in [1.807, 2.05) is 40.6 Å². The highest BCUT2D eigenvalue weighted by Crippen LogP contribution is 2.12. The van der Waals surface area contributed by atoms with Crippen molar-refractivity contribution in [3.63, 3.8) is 0 Å². The number of carbonyl (C=O) groups is 2. The van der Waals surface area contributed by atoms with Gasteiger partial charge in [-0.1, -0.05) is 37.3 Å². The van der Waals surface area contributed by atoms with E-state index in [4.69, 9.17) is 0 Å². The van der Waals surface area contributed by atoms with Gasteiger partial charge in [0.2, 0.25) is 5.91 Å². The number of carbonyl (C=O) groups excluding carboxylic acids is 2. The normalized spacial score (nSPS) is 11.8. The van der Waals surface area contributed by atoms with Crippen molar-refractivity contribution >= 4 is 23.2 Å². The summed E-state index contributed by atoms with van der Waals surface area (Å²) in [6.07, 6.45) is 1.22. The first-order valence-corrected chi connectivity index (χ1v) is 9.20. The lowest BCUT2D eigenvalue weighted by Crippen LogP contribution is -2.39. The van der Waals surface area contributed by atoms with Gasteiger partial charge in [0.1, 0.15) is 0 Å². The van der Waals surface area contributed by atoms with Gasteiger partial charge < -0.3 is 10.2 Å². The summed E-state index contributed by atoms with van der Waals surface area (Å²) in [5, 5.41) is 6.48. The highest BCUT2D eigenvalue weighted by molar-refractivity contribution is 7.08. The summed E-state index contributed by atoms with van der Waals surface area (Å²) in [5.41, 5.74) is 1.77. The summed E-state index contributed by atoms with van der Waals surface area (Å²) in [4.78, 5) is 26.4. The lowest BCUT2D eigenvalue weighted by atomic mass is 10.1. The van der Waals surface area contributed by atoms with Crippen molar-refractivity contribution < 1.29 is 9.59 Å². The second-order valence-corrected chi connectivity index (χ2v) is 6.56. The topological polar surface area (TPSA) is 49.4 Å². The van der Waals surface area contributed by atoms with Crippen LogP contribution in [0.15, 0.2) is 47.2 Å². The molecule has 1 atom stereocenters. The zero-order valence-corrected chi connectivity index (χ0v) is 15.0. The molecule has 0 radical (unpaired) electrons. The average Bonchev–Trinajstić information content (AvgIpc) is 3.14. The van der Waals surface area contributed by atoms with E-state index in [-0.39, 0.29) is 17.9 Å². The first-order chi connectivity index (χ1) is 11.6. The molecule has 24 heavy (non-hydrogen) atoms. The van der Waals surface area contributed by atoms with Gasteiger partial charge in [0, 0.05) is 36.5 Å². The number of benzene rings is 1. The van der Waals surface area contributed by atoms with Crippen LogP contribution in [0.5, 0.6) is 0 Å². The Balaban J connectivity index is 1.89. The molecule has 4 nitrogen and oxygen atoms in total. The molecule has 0 aliphatic carbocycles. The van der Waals surface area contributed by atoms with E-state index in [1.54, 1.807) is 11.4 Å². The molecule has 1 aromatic heterocycles. The van der Waals surface area contributed by atoms with E-state index in [0.717, 1.165) is 12.0 Å². The van der Waals surface area contributed by atoms with Gasteiger partial charge in [-0.2, -0.15) is 11.3 Å². The first kappa shape index (κ1) is 18.2. The van der Waals surface area contributed by atoms with Crippen LogP contribution in [0, 0.1) is 0 Å². The van der Waals surface area contributed by atoms with Crippen LogP contribution in [-0.2, 0) is 11.3 Å². The van der Waals surface area contributed by atoms with Gasteiger partial charge in [0.25, 0.3) is 5.91 Å². The molecule has 0 aliphatic rings. The first-order valence-electron chi connectivity index (χ1n) is 8.25. The largest absolute Gasteiger partial charge is 0.351 e. The molecule has 2 rings (SSSR count). The van der Waals surface area contributed by atoms with E-state index in [0.29, 0.717) is 25.1 Å². The molecule has 5 heteroatoms. The SMILES string of the molecule is CCC(C)N(Cc1ccccc1)C(=O)CCNC(=O)c1ccsc1. The van der Waals surface area contributed by atoms with E-state index < -0.39 is 0 Å². The molecule has 1 heterocycles. The Morgan fingerprint density at radius 1 is 1.21 bits per heavy atom. The van der Waals surface area contributed by atoms with Gasteiger partial charge in [-0.05, 0) is 30.4 Å². The molecule has 0 aliphatic heterocycles. The Bertz CT molecular complexity index is 641. The maximum Gasteiger partial charge on any atom is 0.252 e. The van der Waals surface area contributed by atoms with E-state index in [9.17, 15) is 9.59 Å². The third kappa shape index (κ3) is 5.20. The second kappa shape index (κ2) is 9.23. The molecule has 2 amide bonds. The highest BCUT2D eigenvalue weighted by atomic mass is 32.1. The number of hydrogen-bond donors (Lipinski definition) is 1. The summed E-state index contributed by atoms with van der Waals surface area (Å²) in [6, 6.07) is 11.9. The summed E-state index contributed by atoms with van der Waals surface area (Å²) < 4.78 is 0. The Kier molecular flexibility index (Phi) is 7.00. The van der Waals surface area contributed by atoms with Crippen LogP contribution < -0.4 is 5.32 Å². The molecule has 0 saturated heterocycles. The van der Waals surface area contributed by atoms with Gasteiger partial charge in [-0.25, -0.2) is 0 Å². The van der Waals surface area contributed by atoms with Gasteiger partial charge in [-0.15, -0.1) is 0 Å². The number of amides is 2. The summed E-state index contributed by atoms with van der Waals surface area (Å²) in [6.45, 7) is 5.10. The summed E-state index contributed by atoms with van der Waals surface area (Å²) >= 11 is 1.48. The van der Waals surface area contributed by atoms with Crippen LogP contribution in [0.1, 0.15) is 42.6 Å². The van der Waals surface area contributed by atoms with Crippen molar-refractivity contribution in [2.45, 2.75) is 39.3 Å². The number of nitrogens with zero attached hydrogens (tertiary/aromatic N) is 1. The molecule has 1 N–H and O–H groups in total. The third-order valence-electron chi connectivity index (χ3n) is 4.05. The van der Waals surface area contributed by atoms with Gasteiger partial charge in [-0.3, -0.25) is 9.59 Å². The molecule has 0 saturated carbocycles. The van der Waals surface area contributed by atoms with E-state index in [1.165, 1.54) is 11.3 Å². The van der Waals surface area contributed by atoms with Crippen molar-refractivity contribution in [1.29, 1.82) is 0 Å². The fourth-order valence-corrected chi connectivity index (χ4v) is 3.05. The molecular formula is C19H24N2O2S. The lowest BCUT2D eigenvalue weighted by Gasteiger charge is -2.29. The van der Waals surface area contributed by atoms with Crippen molar-refractivity contribution in [3.8, 4) is 0 Å². The van der Waals surface area contributed by atoms with Gasteiger partial charge >= 0.3 is 0 Å². The molecule has 0 fully saturated rings. The van der Waals surface area contributed by atoms with E-state index in [2.05, 4.69) is 19.2 Å². The van der Waals surface area contributed by atoms with Crippen LogP contribution in [0.4, 0.5) is 0 Å². The lowest BCUT2D eigenvalue weighted by molar-refractivity contribution is -0.133. The molecule has 1 aromatic carbocycles. The molecular weight excluding hydrogens is 320 g/mol.